The molecule has 4 atom stereocenters. The summed E-state index contributed by atoms with van der Waals surface area (Å²) in [6.07, 6.45) is 7.17. The molecule has 1 aliphatic heterocycles. The van der Waals surface area contributed by atoms with Crippen molar-refractivity contribution in [1.29, 1.82) is 0 Å². The first-order chi connectivity index (χ1) is 23.6. The SMILES string of the molecule is COc1ccc(NC(=O)N(C)C[C@@H]2OCCCC[C@H](C)Oc3ccc(NC(=O)NC4CCCCC4)cc3C(=O)N([C@@H](C)CO)C[C@@H]2C)cc1. The van der Waals surface area contributed by atoms with E-state index in [1.54, 1.807) is 73.3 Å². The highest BCUT2D eigenvalue weighted by Gasteiger charge is 2.31. The number of urea groups is 2. The Hall–Kier alpha value is -4.03. The van der Waals surface area contributed by atoms with E-state index in [1.807, 2.05) is 13.8 Å². The molecule has 270 valence electrons. The van der Waals surface area contributed by atoms with Crippen molar-refractivity contribution in [2.45, 2.75) is 96.4 Å². The minimum absolute atomic E-state index is 0.141. The van der Waals surface area contributed by atoms with E-state index < -0.39 is 6.04 Å². The van der Waals surface area contributed by atoms with Crippen molar-refractivity contribution in [1.82, 2.24) is 15.1 Å². The second kappa shape index (κ2) is 18.7. The van der Waals surface area contributed by atoms with Gasteiger partial charge in [-0.2, -0.15) is 0 Å². The highest BCUT2D eigenvalue weighted by molar-refractivity contribution is 5.99. The zero-order valence-corrected chi connectivity index (χ0v) is 29.7. The van der Waals surface area contributed by atoms with Crippen LogP contribution in [0.15, 0.2) is 42.5 Å². The highest BCUT2D eigenvalue weighted by atomic mass is 16.5. The Morgan fingerprint density at radius 1 is 1.00 bits per heavy atom. The molecule has 0 spiro atoms. The molecule has 1 fully saturated rings. The number of nitrogens with one attached hydrogen (secondary N) is 3. The molecule has 1 saturated carbocycles. The van der Waals surface area contributed by atoms with E-state index in [-0.39, 0.29) is 55.3 Å². The molecular formula is C37H55N5O7. The summed E-state index contributed by atoms with van der Waals surface area (Å²) in [6.45, 7) is 6.55. The zero-order chi connectivity index (χ0) is 35.3. The van der Waals surface area contributed by atoms with Crippen LogP contribution in [-0.2, 0) is 4.74 Å². The van der Waals surface area contributed by atoms with Crippen LogP contribution >= 0.6 is 0 Å². The fourth-order valence-corrected chi connectivity index (χ4v) is 6.31. The number of methoxy groups -OCH3 is 1. The monoisotopic (exact) mass is 681 g/mol. The van der Waals surface area contributed by atoms with E-state index >= 15 is 0 Å². The number of aliphatic hydroxyl groups is 1. The number of anilines is 2. The molecule has 12 nitrogen and oxygen atoms in total. The Labute approximate surface area is 290 Å². The number of benzene rings is 2. The lowest BCUT2D eigenvalue weighted by atomic mass is 9.96. The van der Waals surface area contributed by atoms with Crippen LogP contribution < -0.4 is 25.4 Å². The van der Waals surface area contributed by atoms with Gasteiger partial charge in [0.25, 0.3) is 5.91 Å². The average molecular weight is 682 g/mol. The topological polar surface area (TPSA) is 142 Å². The molecule has 4 rings (SSSR count). The van der Waals surface area contributed by atoms with Gasteiger partial charge in [0.05, 0.1) is 37.5 Å². The minimum atomic E-state index is -0.518. The van der Waals surface area contributed by atoms with Crippen LogP contribution in [0.1, 0.15) is 82.5 Å². The summed E-state index contributed by atoms with van der Waals surface area (Å²) in [6, 6.07) is 11.3. The third-order valence-electron chi connectivity index (χ3n) is 9.39. The van der Waals surface area contributed by atoms with Gasteiger partial charge in [0.15, 0.2) is 0 Å². The fraction of sp³-hybridized carbons (Fsp3) is 0.595. The Kier molecular flexibility index (Phi) is 14.4. The van der Waals surface area contributed by atoms with Crippen molar-refractivity contribution >= 4 is 29.3 Å². The van der Waals surface area contributed by atoms with Crippen molar-refractivity contribution in [3.05, 3.63) is 48.0 Å². The first kappa shape index (κ1) is 37.8. The molecule has 12 heteroatoms. The van der Waals surface area contributed by atoms with Gasteiger partial charge < -0.3 is 45.1 Å². The maximum Gasteiger partial charge on any atom is 0.321 e. The predicted octanol–water partition coefficient (Wildman–Crippen LogP) is 6.11. The number of amides is 5. The van der Waals surface area contributed by atoms with Crippen LogP contribution in [0.25, 0.3) is 0 Å². The van der Waals surface area contributed by atoms with E-state index in [0.29, 0.717) is 41.6 Å². The molecule has 49 heavy (non-hydrogen) atoms. The molecule has 0 radical (unpaired) electrons. The standard InChI is InChI=1S/C37H55N5O7/c1-25-22-42(26(2)24-43)35(44)32-21-30(39-36(45)38-28-12-7-6-8-13-28)16-19-33(32)49-27(3)11-9-10-20-48-34(25)23-41(4)37(46)40-29-14-17-31(47-5)18-15-29/h14-19,21,25-28,34,43H,6-13,20,22-24H2,1-5H3,(H,40,46)(H2,38,39,45)/t25-,26-,27-,34-/m0/s1. The number of rotatable bonds is 8. The number of likely N-dealkylation sites (N-methyl/N-ethyl adjacent to an activating group) is 1. The second-order valence-corrected chi connectivity index (χ2v) is 13.5. The predicted molar refractivity (Wildman–Crippen MR) is 191 cm³/mol. The third-order valence-corrected chi connectivity index (χ3v) is 9.39. The summed E-state index contributed by atoms with van der Waals surface area (Å²) in [5.41, 5.74) is 1.43. The molecule has 2 aliphatic rings. The lowest BCUT2D eigenvalue weighted by Gasteiger charge is -2.35. The quantitative estimate of drug-likeness (QED) is 0.264. The Bertz CT molecular complexity index is 1370. The summed E-state index contributed by atoms with van der Waals surface area (Å²) in [7, 11) is 3.30. The first-order valence-electron chi connectivity index (χ1n) is 17.7. The molecule has 0 aromatic heterocycles. The van der Waals surface area contributed by atoms with Crippen molar-refractivity contribution < 1.29 is 33.7 Å². The van der Waals surface area contributed by atoms with Crippen molar-refractivity contribution in [2.24, 2.45) is 5.92 Å². The third kappa shape index (κ3) is 11.3. The van der Waals surface area contributed by atoms with E-state index in [0.717, 1.165) is 44.9 Å². The summed E-state index contributed by atoms with van der Waals surface area (Å²) in [4.78, 5) is 43.6. The first-order valence-corrected chi connectivity index (χ1v) is 17.7. The van der Waals surface area contributed by atoms with E-state index in [9.17, 15) is 19.5 Å². The second-order valence-electron chi connectivity index (χ2n) is 13.5. The Morgan fingerprint density at radius 3 is 2.39 bits per heavy atom. The number of fused-ring (bicyclic) bond motifs is 1. The minimum Gasteiger partial charge on any atom is -0.497 e. The summed E-state index contributed by atoms with van der Waals surface area (Å²) < 4.78 is 17.9. The molecule has 1 heterocycles. The molecular weight excluding hydrogens is 626 g/mol. The summed E-state index contributed by atoms with van der Waals surface area (Å²) in [5, 5.41) is 19.1. The van der Waals surface area contributed by atoms with Gasteiger partial charge in [-0.3, -0.25) is 4.79 Å². The van der Waals surface area contributed by atoms with Gasteiger partial charge in [-0.25, -0.2) is 9.59 Å². The van der Waals surface area contributed by atoms with Gasteiger partial charge >= 0.3 is 12.1 Å². The molecule has 1 aliphatic carbocycles. The van der Waals surface area contributed by atoms with Crippen molar-refractivity contribution in [2.75, 3.05) is 51.1 Å². The van der Waals surface area contributed by atoms with Gasteiger partial charge in [-0.05, 0) is 88.4 Å². The van der Waals surface area contributed by atoms with Crippen LogP contribution in [0, 0.1) is 5.92 Å². The lowest BCUT2D eigenvalue weighted by Crippen LogP contribution is -2.48. The largest absolute Gasteiger partial charge is 0.497 e. The average Bonchev–Trinajstić information content (AvgIpc) is 3.10. The number of hydrogen-bond acceptors (Lipinski definition) is 7. The molecule has 0 unspecified atom stereocenters. The molecule has 4 N–H and O–H groups in total. The zero-order valence-electron chi connectivity index (χ0n) is 29.7. The lowest BCUT2D eigenvalue weighted by molar-refractivity contribution is -0.0115. The normalized spacial score (nSPS) is 21.7. The Morgan fingerprint density at radius 2 is 1.69 bits per heavy atom. The van der Waals surface area contributed by atoms with E-state index in [2.05, 4.69) is 16.0 Å². The van der Waals surface area contributed by atoms with Crippen molar-refractivity contribution in [3.63, 3.8) is 0 Å². The maximum atomic E-state index is 14.4. The van der Waals surface area contributed by atoms with E-state index in [1.165, 1.54) is 6.42 Å². The summed E-state index contributed by atoms with van der Waals surface area (Å²) in [5.74, 6) is 0.593. The van der Waals surface area contributed by atoms with E-state index in [4.69, 9.17) is 14.2 Å². The molecule has 0 saturated heterocycles. The van der Waals surface area contributed by atoms with Gasteiger partial charge in [0, 0.05) is 50.1 Å². The number of hydrogen-bond donors (Lipinski definition) is 4. The maximum absolute atomic E-state index is 14.4. The number of carbonyl (C=O) groups excluding carboxylic acids is 3. The van der Waals surface area contributed by atoms with Crippen LogP contribution in [0.3, 0.4) is 0 Å². The number of nitrogens with zero attached hydrogens (tertiary/aromatic N) is 2. The van der Waals surface area contributed by atoms with Gasteiger partial charge in [-0.15, -0.1) is 0 Å². The molecule has 2 aromatic carbocycles. The van der Waals surface area contributed by atoms with Gasteiger partial charge in [0.2, 0.25) is 0 Å². The summed E-state index contributed by atoms with van der Waals surface area (Å²) >= 11 is 0. The number of aliphatic hydroxyl groups excluding tert-OH is 1. The van der Waals surface area contributed by atoms with Crippen molar-refractivity contribution in [3.8, 4) is 11.5 Å². The molecule has 2 aromatic rings. The van der Waals surface area contributed by atoms with Gasteiger partial charge in [0.1, 0.15) is 11.5 Å². The molecule has 0 bridgehead atoms. The highest BCUT2D eigenvalue weighted by Crippen LogP contribution is 2.29. The van der Waals surface area contributed by atoms with Crippen LogP contribution in [-0.4, -0.2) is 97.6 Å². The number of ether oxygens (including phenoxy) is 3. The smallest absolute Gasteiger partial charge is 0.321 e. The van der Waals surface area contributed by atoms with Crippen LogP contribution in [0.4, 0.5) is 21.0 Å². The van der Waals surface area contributed by atoms with Crippen LogP contribution in [0.5, 0.6) is 11.5 Å². The van der Waals surface area contributed by atoms with Crippen LogP contribution in [0.2, 0.25) is 0 Å². The fourth-order valence-electron chi connectivity index (χ4n) is 6.31. The van der Waals surface area contributed by atoms with Gasteiger partial charge in [-0.1, -0.05) is 26.2 Å². The number of carbonyl (C=O) groups is 3. The molecule has 5 amide bonds. The Balaban J connectivity index is 1.54.